The van der Waals surface area contributed by atoms with Gasteiger partial charge in [-0.15, -0.1) is 0 Å². The first-order valence-corrected chi connectivity index (χ1v) is 7.26. The number of aliphatic hydroxyl groups is 1. The van der Waals surface area contributed by atoms with Crippen LogP contribution in [-0.2, 0) is 18.3 Å². The van der Waals surface area contributed by atoms with Crippen LogP contribution < -0.4 is 5.32 Å². The van der Waals surface area contributed by atoms with Crippen molar-refractivity contribution < 1.29 is 9.90 Å². The van der Waals surface area contributed by atoms with Gasteiger partial charge in [-0.1, -0.05) is 30.3 Å². The number of amides is 1. The topological polar surface area (TPSA) is 54.3 Å². The van der Waals surface area contributed by atoms with Crippen molar-refractivity contribution in [3.05, 3.63) is 59.9 Å². The van der Waals surface area contributed by atoms with E-state index in [1.165, 1.54) is 0 Å². The summed E-state index contributed by atoms with van der Waals surface area (Å²) >= 11 is 0. The Hall–Kier alpha value is -2.07. The average molecular weight is 286 g/mol. The van der Waals surface area contributed by atoms with Crippen molar-refractivity contribution in [3.8, 4) is 0 Å². The van der Waals surface area contributed by atoms with E-state index in [0.717, 1.165) is 17.7 Å². The van der Waals surface area contributed by atoms with E-state index >= 15 is 0 Å². The van der Waals surface area contributed by atoms with Crippen LogP contribution in [0.5, 0.6) is 0 Å². The number of aromatic nitrogens is 1. The lowest BCUT2D eigenvalue weighted by molar-refractivity contribution is -0.121. The van der Waals surface area contributed by atoms with Crippen LogP contribution in [0.2, 0.25) is 0 Å². The highest BCUT2D eigenvalue weighted by molar-refractivity contribution is 5.76. The molecule has 4 heteroatoms. The summed E-state index contributed by atoms with van der Waals surface area (Å²) in [6.45, 7) is 0.486. The molecule has 0 aliphatic rings. The Bertz CT molecular complexity index is 563. The summed E-state index contributed by atoms with van der Waals surface area (Å²) in [6, 6.07) is 13.7. The molecule has 2 rings (SSSR count). The molecule has 0 spiro atoms. The third-order valence-electron chi connectivity index (χ3n) is 3.55. The van der Waals surface area contributed by atoms with Crippen molar-refractivity contribution in [1.82, 2.24) is 9.88 Å². The van der Waals surface area contributed by atoms with Gasteiger partial charge in [0.1, 0.15) is 0 Å². The molecule has 1 aromatic carbocycles. The summed E-state index contributed by atoms with van der Waals surface area (Å²) in [6.07, 6.45) is 3.10. The molecule has 2 N–H and O–H groups in total. The van der Waals surface area contributed by atoms with Gasteiger partial charge >= 0.3 is 0 Å². The normalized spacial score (nSPS) is 12.1. The molecule has 0 fully saturated rings. The van der Waals surface area contributed by atoms with Crippen molar-refractivity contribution in [3.63, 3.8) is 0 Å². The number of aryl methyl sites for hydroxylation is 2. The van der Waals surface area contributed by atoms with Gasteiger partial charge in [0.2, 0.25) is 5.91 Å². The van der Waals surface area contributed by atoms with Crippen molar-refractivity contribution in [2.24, 2.45) is 7.05 Å². The van der Waals surface area contributed by atoms with Crippen LogP contribution in [0.1, 0.15) is 30.2 Å². The Morgan fingerprint density at radius 1 is 1.24 bits per heavy atom. The first-order chi connectivity index (χ1) is 10.2. The molecule has 21 heavy (non-hydrogen) atoms. The minimum atomic E-state index is -0.542. The lowest BCUT2D eigenvalue weighted by Gasteiger charge is -2.12. The first kappa shape index (κ1) is 15.3. The molecule has 0 saturated carbocycles. The molecular formula is C17H22N2O2. The lowest BCUT2D eigenvalue weighted by Crippen LogP contribution is -2.26. The minimum Gasteiger partial charge on any atom is -0.387 e. The zero-order valence-corrected chi connectivity index (χ0v) is 12.3. The van der Waals surface area contributed by atoms with Gasteiger partial charge in [-0.3, -0.25) is 4.79 Å². The lowest BCUT2D eigenvalue weighted by atomic mass is 10.1. The summed E-state index contributed by atoms with van der Waals surface area (Å²) in [4.78, 5) is 11.8. The Morgan fingerprint density at radius 3 is 2.67 bits per heavy atom. The SMILES string of the molecule is Cn1cccc1C(O)CCNC(=O)CCc1ccccc1. The van der Waals surface area contributed by atoms with E-state index in [1.54, 1.807) is 0 Å². The van der Waals surface area contributed by atoms with Crippen LogP contribution in [0.15, 0.2) is 48.7 Å². The van der Waals surface area contributed by atoms with Gasteiger partial charge in [-0.2, -0.15) is 0 Å². The Balaban J connectivity index is 1.66. The maximum Gasteiger partial charge on any atom is 0.220 e. The van der Waals surface area contributed by atoms with Gasteiger partial charge < -0.3 is 15.0 Å². The Kier molecular flexibility index (Phi) is 5.58. The molecule has 0 aliphatic carbocycles. The highest BCUT2D eigenvalue weighted by Gasteiger charge is 2.10. The Morgan fingerprint density at radius 2 is 2.00 bits per heavy atom. The van der Waals surface area contributed by atoms with E-state index in [4.69, 9.17) is 0 Å². The average Bonchev–Trinajstić information content (AvgIpc) is 2.92. The summed E-state index contributed by atoms with van der Waals surface area (Å²) in [5, 5.41) is 12.9. The largest absolute Gasteiger partial charge is 0.387 e. The van der Waals surface area contributed by atoms with Gasteiger partial charge in [-0.05, 0) is 30.5 Å². The van der Waals surface area contributed by atoms with E-state index in [2.05, 4.69) is 5.32 Å². The molecule has 0 saturated heterocycles. The third-order valence-corrected chi connectivity index (χ3v) is 3.55. The number of carbonyl (C=O) groups excluding carboxylic acids is 1. The predicted molar refractivity (Wildman–Crippen MR) is 82.8 cm³/mol. The van der Waals surface area contributed by atoms with Crippen LogP contribution in [-0.4, -0.2) is 22.1 Å². The van der Waals surface area contributed by atoms with Gasteiger partial charge in [0.25, 0.3) is 0 Å². The Labute approximate surface area is 125 Å². The number of rotatable bonds is 7. The minimum absolute atomic E-state index is 0.0259. The van der Waals surface area contributed by atoms with E-state index in [0.29, 0.717) is 19.4 Å². The molecular weight excluding hydrogens is 264 g/mol. The molecule has 1 atom stereocenters. The molecule has 112 valence electrons. The molecule has 1 heterocycles. The second kappa shape index (κ2) is 7.64. The van der Waals surface area contributed by atoms with Crippen LogP contribution in [0, 0.1) is 0 Å². The standard InChI is InChI=1S/C17H22N2O2/c1-19-13-5-8-15(19)16(20)11-12-18-17(21)10-9-14-6-3-2-4-7-14/h2-8,13,16,20H,9-12H2,1H3,(H,18,21). The van der Waals surface area contributed by atoms with Crippen molar-refractivity contribution in [2.45, 2.75) is 25.4 Å². The van der Waals surface area contributed by atoms with Gasteiger partial charge in [-0.25, -0.2) is 0 Å². The van der Waals surface area contributed by atoms with E-state index in [9.17, 15) is 9.90 Å². The summed E-state index contributed by atoms with van der Waals surface area (Å²) in [5.74, 6) is 0.0259. The number of benzene rings is 1. The molecule has 1 aromatic heterocycles. The molecule has 0 bridgehead atoms. The van der Waals surface area contributed by atoms with Crippen molar-refractivity contribution in [2.75, 3.05) is 6.54 Å². The van der Waals surface area contributed by atoms with E-state index in [1.807, 2.05) is 60.3 Å². The quantitative estimate of drug-likeness (QED) is 0.820. The number of nitrogens with zero attached hydrogens (tertiary/aromatic N) is 1. The molecule has 1 amide bonds. The molecule has 2 aromatic rings. The summed E-state index contributed by atoms with van der Waals surface area (Å²) in [7, 11) is 1.90. The van der Waals surface area contributed by atoms with Gasteiger partial charge in [0, 0.05) is 31.9 Å². The second-order valence-electron chi connectivity index (χ2n) is 5.18. The maximum atomic E-state index is 11.8. The zero-order chi connectivity index (χ0) is 15.1. The highest BCUT2D eigenvalue weighted by Crippen LogP contribution is 2.15. The van der Waals surface area contributed by atoms with E-state index in [-0.39, 0.29) is 5.91 Å². The molecule has 1 unspecified atom stereocenters. The molecule has 0 radical (unpaired) electrons. The molecule has 4 nitrogen and oxygen atoms in total. The summed E-state index contributed by atoms with van der Waals surface area (Å²) < 4.78 is 1.89. The molecule has 0 aliphatic heterocycles. The highest BCUT2D eigenvalue weighted by atomic mass is 16.3. The zero-order valence-electron chi connectivity index (χ0n) is 12.3. The van der Waals surface area contributed by atoms with Gasteiger partial charge in [0.15, 0.2) is 0 Å². The monoisotopic (exact) mass is 286 g/mol. The van der Waals surface area contributed by atoms with E-state index < -0.39 is 6.10 Å². The summed E-state index contributed by atoms with van der Waals surface area (Å²) in [5.41, 5.74) is 2.03. The predicted octanol–water partition coefficient (Wildman–Crippen LogP) is 2.20. The van der Waals surface area contributed by atoms with Crippen LogP contribution in [0.25, 0.3) is 0 Å². The second-order valence-corrected chi connectivity index (χ2v) is 5.18. The number of nitrogens with one attached hydrogen (secondary N) is 1. The van der Waals surface area contributed by atoms with Crippen LogP contribution in [0.3, 0.4) is 0 Å². The van der Waals surface area contributed by atoms with Gasteiger partial charge in [0.05, 0.1) is 6.10 Å². The smallest absolute Gasteiger partial charge is 0.220 e. The van der Waals surface area contributed by atoms with Crippen molar-refractivity contribution in [1.29, 1.82) is 0 Å². The number of carbonyl (C=O) groups is 1. The fourth-order valence-corrected chi connectivity index (χ4v) is 2.31. The number of hydrogen-bond acceptors (Lipinski definition) is 2. The fraction of sp³-hybridized carbons (Fsp3) is 0.353. The first-order valence-electron chi connectivity index (χ1n) is 7.26. The van der Waals surface area contributed by atoms with Crippen molar-refractivity contribution >= 4 is 5.91 Å². The third kappa shape index (κ3) is 4.76. The number of aliphatic hydroxyl groups excluding tert-OH is 1. The maximum absolute atomic E-state index is 11.8. The van der Waals surface area contributed by atoms with Crippen LogP contribution >= 0.6 is 0 Å². The number of hydrogen-bond donors (Lipinski definition) is 2. The fourth-order valence-electron chi connectivity index (χ4n) is 2.31. The van der Waals surface area contributed by atoms with Crippen LogP contribution in [0.4, 0.5) is 0 Å².